The van der Waals surface area contributed by atoms with Crippen LogP contribution in [-0.2, 0) is 9.47 Å². The minimum absolute atomic E-state index is 0.164. The maximum atomic E-state index is 6.56. The van der Waals surface area contributed by atoms with E-state index >= 15 is 0 Å². The first kappa shape index (κ1) is 59.2. The van der Waals surface area contributed by atoms with Crippen molar-refractivity contribution in [3.8, 4) is 0 Å². The molecule has 0 saturated heterocycles. The Morgan fingerprint density at radius 3 is 1.28 bits per heavy atom. The van der Waals surface area contributed by atoms with Crippen LogP contribution in [0.25, 0.3) is 0 Å². The topological polar surface area (TPSA) is 80.6 Å². The van der Waals surface area contributed by atoms with E-state index in [0.717, 1.165) is 96.0 Å². The Balaban J connectivity index is 4.25. The second kappa shape index (κ2) is 50.8. The van der Waals surface area contributed by atoms with Crippen molar-refractivity contribution in [2.24, 2.45) is 5.73 Å². The quantitative estimate of drug-likeness (QED) is 0.0277. The highest BCUT2D eigenvalue weighted by Crippen LogP contribution is 2.13. The van der Waals surface area contributed by atoms with Crippen molar-refractivity contribution in [2.45, 2.75) is 225 Å². The highest BCUT2D eigenvalue weighted by molar-refractivity contribution is 4.82. The van der Waals surface area contributed by atoms with Gasteiger partial charge in [-0.25, -0.2) is 0 Å². The minimum atomic E-state index is 0.164. The van der Waals surface area contributed by atoms with Crippen LogP contribution in [0.3, 0.4) is 0 Å². The molecule has 358 valence electrons. The summed E-state index contributed by atoms with van der Waals surface area (Å²) in [6.07, 6.45) is 52.1. The van der Waals surface area contributed by atoms with Crippen LogP contribution in [0.1, 0.15) is 219 Å². The van der Waals surface area contributed by atoms with E-state index < -0.39 is 0 Å². The van der Waals surface area contributed by atoms with Gasteiger partial charge < -0.3 is 35.6 Å². The molecule has 0 aromatic carbocycles. The van der Waals surface area contributed by atoms with Gasteiger partial charge in [-0.2, -0.15) is 0 Å². The third kappa shape index (κ3) is 49.9. The molecule has 0 rings (SSSR count). The van der Waals surface area contributed by atoms with Crippen molar-refractivity contribution in [3.05, 3.63) is 24.3 Å². The van der Waals surface area contributed by atoms with Gasteiger partial charge in [0, 0.05) is 19.8 Å². The number of nitrogens with two attached hydrogens (primary N) is 1. The molecule has 0 heterocycles. The summed E-state index contributed by atoms with van der Waals surface area (Å²) in [6.45, 7) is 16.4. The standard InChI is InChI=1S/C53H110N5O2/c1-5-7-9-11-13-15-17-19-21-23-25-27-29-31-33-37-49-59-52-53(60-50-38-34-32-30-28-26-24-22-20-18-16-14-12-10-8-6-2)51-58(3,4)48-47-57-46-40-45-56-43-36-35-42-55-44-39-41-54/h19-22,53,55-57H,5-18,23-52,54H2,1-4H3/q+1. The SMILES string of the molecule is CCCCCCCCC=CCCCCCCCCOCC(C[N+](C)(C)CCNCCCNCCCCNCCCN)OCCCCCCCCC=CCCCCCCCC. The Bertz CT molecular complexity index is 853. The molecule has 7 nitrogen and oxygen atoms in total. The Labute approximate surface area is 377 Å². The number of nitrogens with zero attached hydrogens (tertiary/aromatic N) is 1. The zero-order valence-electron chi connectivity index (χ0n) is 41.3. The Morgan fingerprint density at radius 1 is 0.433 bits per heavy atom. The number of allylic oxidation sites excluding steroid dienone is 4. The fourth-order valence-electron chi connectivity index (χ4n) is 7.88. The lowest BCUT2D eigenvalue weighted by molar-refractivity contribution is -0.892. The molecular formula is C53H110N5O2+. The molecule has 0 spiro atoms. The molecule has 0 amide bonds. The molecule has 0 aromatic heterocycles. The van der Waals surface area contributed by atoms with Gasteiger partial charge in [-0.15, -0.1) is 0 Å². The third-order valence-corrected chi connectivity index (χ3v) is 11.9. The average Bonchev–Trinajstić information content (AvgIpc) is 3.24. The minimum Gasteiger partial charge on any atom is -0.379 e. The summed E-state index contributed by atoms with van der Waals surface area (Å²) in [7, 11) is 4.72. The van der Waals surface area contributed by atoms with Gasteiger partial charge in [0.15, 0.2) is 0 Å². The Kier molecular flexibility index (Phi) is 50.2. The molecule has 0 saturated carbocycles. The van der Waals surface area contributed by atoms with Crippen molar-refractivity contribution >= 4 is 0 Å². The molecule has 5 N–H and O–H groups in total. The maximum absolute atomic E-state index is 6.56. The van der Waals surface area contributed by atoms with E-state index in [9.17, 15) is 0 Å². The van der Waals surface area contributed by atoms with E-state index in [4.69, 9.17) is 15.2 Å². The predicted octanol–water partition coefficient (Wildman–Crippen LogP) is 12.8. The first-order valence-electron chi connectivity index (χ1n) is 26.7. The summed E-state index contributed by atoms with van der Waals surface area (Å²) in [5.74, 6) is 0. The molecule has 0 fully saturated rings. The number of likely N-dealkylation sites (N-methyl/N-ethyl adjacent to an activating group) is 1. The molecule has 0 aromatic rings. The molecule has 60 heavy (non-hydrogen) atoms. The van der Waals surface area contributed by atoms with Crippen molar-refractivity contribution in [2.75, 3.05) is 92.8 Å². The highest BCUT2D eigenvalue weighted by Gasteiger charge is 2.23. The van der Waals surface area contributed by atoms with E-state index in [1.165, 1.54) is 193 Å². The van der Waals surface area contributed by atoms with Crippen molar-refractivity contribution < 1.29 is 14.0 Å². The van der Waals surface area contributed by atoms with Crippen LogP contribution in [0, 0.1) is 0 Å². The van der Waals surface area contributed by atoms with Crippen LogP contribution in [0.4, 0.5) is 0 Å². The lowest BCUT2D eigenvalue weighted by atomic mass is 10.1. The zero-order chi connectivity index (χ0) is 43.6. The van der Waals surface area contributed by atoms with E-state index in [-0.39, 0.29) is 6.10 Å². The molecule has 7 heteroatoms. The molecule has 1 unspecified atom stereocenters. The zero-order valence-corrected chi connectivity index (χ0v) is 41.3. The second-order valence-corrected chi connectivity index (χ2v) is 18.7. The summed E-state index contributed by atoms with van der Waals surface area (Å²) in [5.41, 5.74) is 5.56. The van der Waals surface area contributed by atoms with Crippen LogP contribution >= 0.6 is 0 Å². The number of hydrogen-bond acceptors (Lipinski definition) is 6. The maximum Gasteiger partial charge on any atom is 0.130 e. The monoisotopic (exact) mass is 849 g/mol. The lowest BCUT2D eigenvalue weighted by Crippen LogP contribution is -2.50. The summed E-state index contributed by atoms with van der Waals surface area (Å²) in [4.78, 5) is 0. The van der Waals surface area contributed by atoms with Gasteiger partial charge in [-0.3, -0.25) is 0 Å². The molecule has 0 aliphatic carbocycles. The van der Waals surface area contributed by atoms with Crippen LogP contribution in [-0.4, -0.2) is 103 Å². The molecule has 0 aliphatic heterocycles. The number of hydrogen-bond donors (Lipinski definition) is 4. The summed E-state index contributed by atoms with van der Waals surface area (Å²) in [6, 6.07) is 0. The van der Waals surface area contributed by atoms with Crippen LogP contribution in [0.15, 0.2) is 24.3 Å². The molecule has 0 radical (unpaired) electrons. The highest BCUT2D eigenvalue weighted by atomic mass is 16.5. The van der Waals surface area contributed by atoms with Crippen LogP contribution in [0.2, 0.25) is 0 Å². The van der Waals surface area contributed by atoms with Crippen LogP contribution in [0.5, 0.6) is 0 Å². The normalized spacial score (nSPS) is 12.8. The first-order valence-corrected chi connectivity index (χ1v) is 26.7. The summed E-state index contributed by atoms with van der Waals surface area (Å²) >= 11 is 0. The fourth-order valence-corrected chi connectivity index (χ4v) is 7.88. The van der Waals surface area contributed by atoms with Gasteiger partial charge in [-0.1, -0.05) is 154 Å². The number of unbranched alkanes of at least 4 members (excludes halogenated alkanes) is 25. The van der Waals surface area contributed by atoms with Gasteiger partial charge >= 0.3 is 0 Å². The lowest BCUT2D eigenvalue weighted by Gasteiger charge is -2.33. The van der Waals surface area contributed by atoms with Crippen molar-refractivity contribution in [1.29, 1.82) is 0 Å². The molecule has 0 bridgehead atoms. The van der Waals surface area contributed by atoms with E-state index in [2.05, 4.69) is 68.2 Å². The largest absolute Gasteiger partial charge is 0.379 e. The van der Waals surface area contributed by atoms with Gasteiger partial charge in [0.1, 0.15) is 12.6 Å². The predicted molar refractivity (Wildman–Crippen MR) is 267 cm³/mol. The van der Waals surface area contributed by atoms with Crippen LogP contribution < -0.4 is 21.7 Å². The number of ether oxygens (including phenoxy) is 2. The Hall–Kier alpha value is -0.800. The number of rotatable bonds is 52. The first-order chi connectivity index (χ1) is 29.6. The molecule has 1 atom stereocenters. The smallest absolute Gasteiger partial charge is 0.130 e. The van der Waals surface area contributed by atoms with Gasteiger partial charge in [0.05, 0.1) is 27.2 Å². The van der Waals surface area contributed by atoms with E-state index in [0.29, 0.717) is 0 Å². The van der Waals surface area contributed by atoms with E-state index in [1.54, 1.807) is 0 Å². The molecule has 0 aliphatic rings. The van der Waals surface area contributed by atoms with E-state index in [1.807, 2.05) is 0 Å². The molecular weight excluding hydrogens is 739 g/mol. The van der Waals surface area contributed by atoms with Gasteiger partial charge in [-0.05, 0) is 129 Å². The van der Waals surface area contributed by atoms with Gasteiger partial charge in [0.25, 0.3) is 0 Å². The number of quaternary nitrogens is 1. The number of nitrogens with one attached hydrogen (secondary N) is 3. The fraction of sp³-hybridized carbons (Fsp3) is 0.925. The summed E-state index contributed by atoms with van der Waals surface area (Å²) in [5, 5.41) is 10.8. The average molecular weight is 849 g/mol. The summed E-state index contributed by atoms with van der Waals surface area (Å²) < 4.78 is 13.8. The third-order valence-electron chi connectivity index (χ3n) is 11.9. The van der Waals surface area contributed by atoms with Crippen molar-refractivity contribution in [3.63, 3.8) is 0 Å². The van der Waals surface area contributed by atoms with Gasteiger partial charge in [0.2, 0.25) is 0 Å². The second-order valence-electron chi connectivity index (χ2n) is 18.7. The van der Waals surface area contributed by atoms with Crippen molar-refractivity contribution in [1.82, 2.24) is 16.0 Å². The Morgan fingerprint density at radius 2 is 0.817 bits per heavy atom.